The number of carbonyl (C=O) groups excluding carboxylic acids is 1. The van der Waals surface area contributed by atoms with Crippen molar-refractivity contribution in [1.29, 1.82) is 0 Å². The highest BCUT2D eigenvalue weighted by Gasteiger charge is 2.30. The summed E-state index contributed by atoms with van der Waals surface area (Å²) in [6.07, 6.45) is 5.76. The molecule has 0 radical (unpaired) electrons. The molecule has 0 aliphatic carbocycles. The molecule has 3 N–H and O–H groups in total. The normalized spacial score (nSPS) is 12.9. The van der Waals surface area contributed by atoms with Gasteiger partial charge < -0.3 is 11.1 Å². The Morgan fingerprint density at radius 2 is 1.77 bits per heavy atom. The van der Waals surface area contributed by atoms with E-state index in [-0.39, 0.29) is 17.4 Å². The number of carbonyl (C=O) groups is 1. The standard InChI is InChI=1S/C19H32N2O/c1-4-17(19(2,3)16-12-8-7-9-13-16)21-18(22)14-10-5-6-11-15-20/h7-9,12-13,17H,4-6,10-11,14-15,20H2,1-3H3,(H,21,22). The first-order chi connectivity index (χ1) is 10.5. The molecule has 3 heteroatoms. The van der Waals surface area contributed by atoms with Gasteiger partial charge in [0, 0.05) is 17.9 Å². The second kappa shape index (κ2) is 9.62. The van der Waals surface area contributed by atoms with Crippen LogP contribution in [0.25, 0.3) is 0 Å². The van der Waals surface area contributed by atoms with Crippen molar-refractivity contribution in [2.45, 2.75) is 70.8 Å². The highest BCUT2D eigenvalue weighted by atomic mass is 16.1. The van der Waals surface area contributed by atoms with Crippen LogP contribution < -0.4 is 11.1 Å². The van der Waals surface area contributed by atoms with Gasteiger partial charge in [-0.15, -0.1) is 0 Å². The van der Waals surface area contributed by atoms with Gasteiger partial charge in [0.2, 0.25) is 5.91 Å². The van der Waals surface area contributed by atoms with Gasteiger partial charge in [-0.2, -0.15) is 0 Å². The molecular formula is C19H32N2O. The van der Waals surface area contributed by atoms with E-state index in [1.54, 1.807) is 0 Å². The summed E-state index contributed by atoms with van der Waals surface area (Å²) in [7, 11) is 0. The summed E-state index contributed by atoms with van der Waals surface area (Å²) in [6.45, 7) is 7.29. The number of amides is 1. The molecule has 0 saturated carbocycles. The third-order valence-corrected chi connectivity index (χ3v) is 4.49. The van der Waals surface area contributed by atoms with E-state index in [9.17, 15) is 4.79 Å². The summed E-state index contributed by atoms with van der Waals surface area (Å²) in [5.74, 6) is 0.170. The molecule has 22 heavy (non-hydrogen) atoms. The van der Waals surface area contributed by atoms with Crippen LogP contribution in [0.3, 0.4) is 0 Å². The van der Waals surface area contributed by atoms with Gasteiger partial charge in [-0.3, -0.25) is 4.79 Å². The largest absolute Gasteiger partial charge is 0.353 e. The zero-order chi connectivity index (χ0) is 16.4. The lowest BCUT2D eigenvalue weighted by molar-refractivity contribution is -0.122. The molecule has 0 aliphatic rings. The number of rotatable bonds is 10. The molecule has 0 heterocycles. The van der Waals surface area contributed by atoms with Crippen molar-refractivity contribution >= 4 is 5.91 Å². The Balaban J connectivity index is 2.51. The number of nitrogens with two attached hydrogens (primary N) is 1. The van der Waals surface area contributed by atoms with Gasteiger partial charge in [-0.25, -0.2) is 0 Å². The van der Waals surface area contributed by atoms with Gasteiger partial charge in [0.25, 0.3) is 0 Å². The Hall–Kier alpha value is -1.35. The van der Waals surface area contributed by atoms with Crippen LogP contribution in [0.1, 0.15) is 64.9 Å². The van der Waals surface area contributed by atoms with Crippen LogP contribution in [0.5, 0.6) is 0 Å². The first-order valence-electron chi connectivity index (χ1n) is 8.57. The Kier molecular flexibility index (Phi) is 8.18. The van der Waals surface area contributed by atoms with Crippen LogP contribution in [-0.4, -0.2) is 18.5 Å². The van der Waals surface area contributed by atoms with Crippen molar-refractivity contribution in [2.75, 3.05) is 6.54 Å². The molecule has 0 aliphatic heterocycles. The van der Waals surface area contributed by atoms with Gasteiger partial charge in [0.1, 0.15) is 0 Å². The maximum atomic E-state index is 12.2. The first kappa shape index (κ1) is 18.7. The number of hydrogen-bond donors (Lipinski definition) is 2. The van der Waals surface area contributed by atoms with E-state index in [1.165, 1.54) is 5.56 Å². The Labute approximate surface area is 135 Å². The third kappa shape index (κ3) is 5.80. The lowest BCUT2D eigenvalue weighted by Gasteiger charge is -2.35. The van der Waals surface area contributed by atoms with Crippen LogP contribution in [0.15, 0.2) is 30.3 Å². The van der Waals surface area contributed by atoms with Crippen LogP contribution in [0, 0.1) is 0 Å². The average Bonchev–Trinajstić information content (AvgIpc) is 2.53. The molecular weight excluding hydrogens is 272 g/mol. The predicted octanol–water partition coefficient (Wildman–Crippen LogP) is 3.77. The summed E-state index contributed by atoms with van der Waals surface area (Å²) in [5.41, 5.74) is 6.68. The minimum absolute atomic E-state index is 0.0643. The van der Waals surface area contributed by atoms with Gasteiger partial charge in [0.15, 0.2) is 0 Å². The molecule has 1 rings (SSSR count). The van der Waals surface area contributed by atoms with Gasteiger partial charge in [0.05, 0.1) is 0 Å². The van der Waals surface area contributed by atoms with E-state index >= 15 is 0 Å². The Bertz CT molecular complexity index is 428. The quantitative estimate of drug-likeness (QED) is 0.647. The van der Waals surface area contributed by atoms with E-state index in [0.717, 1.165) is 38.6 Å². The summed E-state index contributed by atoms with van der Waals surface area (Å²) in [4.78, 5) is 12.2. The fourth-order valence-electron chi connectivity index (χ4n) is 2.91. The maximum absolute atomic E-state index is 12.2. The highest BCUT2D eigenvalue weighted by Crippen LogP contribution is 2.28. The average molecular weight is 304 g/mol. The Morgan fingerprint density at radius 3 is 2.36 bits per heavy atom. The van der Waals surface area contributed by atoms with Crippen molar-refractivity contribution in [3.63, 3.8) is 0 Å². The first-order valence-corrected chi connectivity index (χ1v) is 8.57. The summed E-state index contributed by atoms with van der Waals surface area (Å²) < 4.78 is 0. The third-order valence-electron chi connectivity index (χ3n) is 4.49. The molecule has 1 aromatic rings. The van der Waals surface area contributed by atoms with Crippen LogP contribution in [-0.2, 0) is 10.2 Å². The van der Waals surface area contributed by atoms with Crippen molar-refractivity contribution in [1.82, 2.24) is 5.32 Å². The predicted molar refractivity (Wildman–Crippen MR) is 93.8 cm³/mol. The molecule has 0 aromatic heterocycles. The van der Waals surface area contributed by atoms with E-state index in [4.69, 9.17) is 5.73 Å². The van der Waals surface area contributed by atoms with Crippen LogP contribution in [0.4, 0.5) is 0 Å². The molecule has 0 bridgehead atoms. The van der Waals surface area contributed by atoms with Gasteiger partial charge >= 0.3 is 0 Å². The maximum Gasteiger partial charge on any atom is 0.220 e. The second-order valence-corrected chi connectivity index (χ2v) is 6.57. The summed E-state index contributed by atoms with van der Waals surface area (Å²) >= 11 is 0. The zero-order valence-corrected chi connectivity index (χ0v) is 14.4. The molecule has 0 fully saturated rings. The summed E-state index contributed by atoms with van der Waals surface area (Å²) in [5, 5.41) is 3.23. The van der Waals surface area contributed by atoms with Crippen LogP contribution >= 0.6 is 0 Å². The number of hydrogen-bond acceptors (Lipinski definition) is 2. The zero-order valence-electron chi connectivity index (χ0n) is 14.4. The van der Waals surface area contributed by atoms with Gasteiger partial charge in [-0.05, 0) is 31.4 Å². The van der Waals surface area contributed by atoms with Crippen molar-refractivity contribution < 1.29 is 4.79 Å². The van der Waals surface area contributed by atoms with Crippen molar-refractivity contribution in [3.8, 4) is 0 Å². The Morgan fingerprint density at radius 1 is 1.14 bits per heavy atom. The number of benzene rings is 1. The minimum atomic E-state index is -0.0643. The number of nitrogens with one attached hydrogen (secondary N) is 1. The van der Waals surface area contributed by atoms with Gasteiger partial charge in [-0.1, -0.05) is 63.9 Å². The molecule has 0 spiro atoms. The SMILES string of the molecule is CCC(NC(=O)CCCCCCN)C(C)(C)c1ccccc1. The van der Waals surface area contributed by atoms with Crippen molar-refractivity contribution in [3.05, 3.63) is 35.9 Å². The molecule has 3 nitrogen and oxygen atoms in total. The minimum Gasteiger partial charge on any atom is -0.353 e. The van der Waals surface area contributed by atoms with E-state index in [2.05, 4.69) is 50.4 Å². The molecule has 124 valence electrons. The highest BCUT2D eigenvalue weighted by molar-refractivity contribution is 5.76. The lowest BCUT2D eigenvalue weighted by Crippen LogP contribution is -2.47. The topological polar surface area (TPSA) is 55.1 Å². The smallest absolute Gasteiger partial charge is 0.220 e. The fraction of sp³-hybridized carbons (Fsp3) is 0.632. The monoisotopic (exact) mass is 304 g/mol. The fourth-order valence-corrected chi connectivity index (χ4v) is 2.91. The van der Waals surface area contributed by atoms with E-state index in [0.29, 0.717) is 6.42 Å². The summed E-state index contributed by atoms with van der Waals surface area (Å²) in [6, 6.07) is 10.6. The lowest BCUT2D eigenvalue weighted by atomic mass is 9.76. The molecule has 1 amide bonds. The van der Waals surface area contributed by atoms with E-state index < -0.39 is 0 Å². The molecule has 1 atom stereocenters. The molecule has 0 saturated heterocycles. The van der Waals surface area contributed by atoms with E-state index in [1.807, 2.05) is 6.07 Å². The van der Waals surface area contributed by atoms with Crippen molar-refractivity contribution in [2.24, 2.45) is 5.73 Å². The van der Waals surface area contributed by atoms with Crippen LogP contribution in [0.2, 0.25) is 0 Å². The molecule has 1 aromatic carbocycles. The second-order valence-electron chi connectivity index (χ2n) is 6.57. The number of unbranched alkanes of at least 4 members (excludes halogenated alkanes) is 3. The molecule has 1 unspecified atom stereocenters.